The predicted octanol–water partition coefficient (Wildman–Crippen LogP) is 0.321. The molecule has 4 aromatic rings. The zero-order valence-corrected chi connectivity index (χ0v) is 22.0. The second-order valence-corrected chi connectivity index (χ2v) is 10.4. The summed E-state index contributed by atoms with van der Waals surface area (Å²) in [4.78, 5) is 49.4. The largest absolute Gasteiger partial charge is 0.391 e. The van der Waals surface area contributed by atoms with Gasteiger partial charge < -0.3 is 24.2 Å². The van der Waals surface area contributed by atoms with Gasteiger partial charge in [0.1, 0.15) is 18.0 Å². The van der Waals surface area contributed by atoms with Crippen molar-refractivity contribution >= 4 is 28.1 Å². The molecule has 1 aromatic carbocycles. The van der Waals surface area contributed by atoms with E-state index in [1.54, 1.807) is 6.92 Å². The number of aromatic nitrogens is 6. The summed E-state index contributed by atoms with van der Waals surface area (Å²) in [6.45, 7) is 3.64. The number of aliphatic hydroxyl groups is 2. The number of aliphatic hydroxyl groups excluding tert-OH is 1. The molecule has 1 saturated heterocycles. The highest BCUT2D eigenvalue weighted by Gasteiger charge is 2.42. The van der Waals surface area contributed by atoms with Crippen LogP contribution < -0.4 is 11.2 Å². The van der Waals surface area contributed by atoms with Crippen LogP contribution in [0.5, 0.6) is 0 Å². The maximum atomic E-state index is 13.6. The van der Waals surface area contributed by atoms with Crippen molar-refractivity contribution in [2.75, 3.05) is 13.1 Å². The molecular weight excluding hydrogens is 490 g/mol. The van der Waals surface area contributed by atoms with Crippen LogP contribution in [0.2, 0.25) is 0 Å². The van der Waals surface area contributed by atoms with Crippen molar-refractivity contribution in [2.45, 2.75) is 57.4 Å². The van der Waals surface area contributed by atoms with Gasteiger partial charge in [-0.05, 0) is 31.9 Å². The first-order chi connectivity index (χ1) is 18.0. The number of fused-ring (bicyclic) bond motifs is 2. The Balaban J connectivity index is 1.49. The fraction of sp³-hybridized carbons (Fsp3) is 0.500. The van der Waals surface area contributed by atoms with Gasteiger partial charge in [-0.2, -0.15) is 0 Å². The first-order valence-corrected chi connectivity index (χ1v) is 12.8. The number of rotatable bonds is 5. The Morgan fingerprint density at radius 2 is 1.92 bits per heavy atom. The fourth-order valence-electron chi connectivity index (χ4n) is 5.55. The lowest BCUT2D eigenvalue weighted by Gasteiger charge is -2.34. The minimum atomic E-state index is -1.51. The number of carbonyl (C=O) groups excluding carboxylic acids is 1. The monoisotopic (exact) mass is 523 g/mol. The molecule has 1 fully saturated rings. The van der Waals surface area contributed by atoms with E-state index >= 15 is 0 Å². The Hall–Kier alpha value is -3.77. The second-order valence-electron chi connectivity index (χ2n) is 10.4. The summed E-state index contributed by atoms with van der Waals surface area (Å²) in [6, 6.07) is 6.88. The van der Waals surface area contributed by atoms with Crippen LogP contribution >= 0.6 is 0 Å². The molecule has 5 rings (SSSR count). The van der Waals surface area contributed by atoms with Crippen molar-refractivity contribution in [3.8, 4) is 0 Å². The molecule has 38 heavy (non-hydrogen) atoms. The lowest BCUT2D eigenvalue weighted by atomic mass is 9.92. The van der Waals surface area contributed by atoms with Gasteiger partial charge in [0.15, 0.2) is 11.2 Å². The van der Waals surface area contributed by atoms with E-state index in [9.17, 15) is 24.6 Å². The standard InChI is InChI=1S/C26H33N7O5/c1-5-8-20-28-17-9-6-7-10-18(17)32(20)13-21(35)31-12-16(34)11-19(26(2,38)14-31)33-15-27-23-22(33)24(36)30(4)25(37)29(23)3/h6-7,9-10,15-16,19,34,38H,5,8,11-14H2,1-4H3/t16-,19-,26-/m1/s1. The van der Waals surface area contributed by atoms with E-state index in [0.29, 0.717) is 0 Å². The van der Waals surface area contributed by atoms with Crippen molar-refractivity contribution in [1.29, 1.82) is 0 Å². The lowest BCUT2D eigenvalue weighted by molar-refractivity contribution is -0.136. The maximum absolute atomic E-state index is 13.6. The maximum Gasteiger partial charge on any atom is 0.332 e. The van der Waals surface area contributed by atoms with Gasteiger partial charge in [0.05, 0.1) is 36.1 Å². The Bertz CT molecular complexity index is 1640. The van der Waals surface area contributed by atoms with E-state index in [1.807, 2.05) is 28.8 Å². The summed E-state index contributed by atoms with van der Waals surface area (Å²) in [5, 5.41) is 22.6. The third-order valence-electron chi connectivity index (χ3n) is 7.52. The summed E-state index contributed by atoms with van der Waals surface area (Å²) < 4.78 is 5.69. The molecule has 2 N–H and O–H groups in total. The topological polar surface area (TPSA) is 140 Å². The van der Waals surface area contributed by atoms with Crippen molar-refractivity contribution < 1.29 is 15.0 Å². The number of amides is 1. The Labute approximate surface area is 218 Å². The highest BCUT2D eigenvalue weighted by molar-refractivity contribution is 5.81. The zero-order chi connectivity index (χ0) is 27.4. The smallest absolute Gasteiger partial charge is 0.332 e. The summed E-state index contributed by atoms with van der Waals surface area (Å²) in [6.07, 6.45) is 2.13. The average Bonchev–Trinajstić information content (AvgIpc) is 3.43. The number of β-amino-alcohol motifs (C(OH)–C–C–N with tert-alkyl or cyclic N) is 2. The van der Waals surface area contributed by atoms with Crippen molar-refractivity contribution in [3.05, 3.63) is 57.3 Å². The van der Waals surface area contributed by atoms with Crippen LogP contribution in [0.25, 0.3) is 22.2 Å². The number of para-hydroxylation sites is 2. The number of hydrogen-bond donors (Lipinski definition) is 2. The van der Waals surface area contributed by atoms with E-state index < -0.39 is 29.0 Å². The van der Waals surface area contributed by atoms with Crippen LogP contribution in [0, 0.1) is 0 Å². The molecule has 1 aliphatic heterocycles. The number of aryl methyl sites for hydroxylation is 2. The number of likely N-dealkylation sites (tertiary alicyclic amines) is 1. The van der Waals surface area contributed by atoms with Gasteiger partial charge in [0, 0.05) is 27.1 Å². The molecule has 3 atom stereocenters. The van der Waals surface area contributed by atoms with Gasteiger partial charge in [0.25, 0.3) is 5.56 Å². The normalized spacial score (nSPS) is 22.3. The molecule has 0 aliphatic carbocycles. The Morgan fingerprint density at radius 1 is 1.18 bits per heavy atom. The highest BCUT2D eigenvalue weighted by Crippen LogP contribution is 2.33. The van der Waals surface area contributed by atoms with Crippen LogP contribution in [0.15, 0.2) is 40.2 Å². The van der Waals surface area contributed by atoms with Gasteiger partial charge in [0.2, 0.25) is 5.91 Å². The molecule has 0 spiro atoms. The molecule has 3 aromatic heterocycles. The van der Waals surface area contributed by atoms with E-state index in [2.05, 4.69) is 11.9 Å². The molecule has 202 valence electrons. The Kier molecular flexibility index (Phi) is 6.48. The molecule has 0 radical (unpaired) electrons. The second kappa shape index (κ2) is 9.52. The molecule has 1 aliphatic rings. The number of benzene rings is 1. The molecule has 12 heteroatoms. The summed E-state index contributed by atoms with van der Waals surface area (Å²) in [5.41, 5.74) is -0.545. The number of carbonyl (C=O) groups is 1. The zero-order valence-electron chi connectivity index (χ0n) is 22.0. The summed E-state index contributed by atoms with van der Waals surface area (Å²) >= 11 is 0. The fourth-order valence-corrected chi connectivity index (χ4v) is 5.55. The van der Waals surface area contributed by atoms with Gasteiger partial charge in [-0.3, -0.25) is 18.7 Å². The highest BCUT2D eigenvalue weighted by atomic mass is 16.3. The van der Waals surface area contributed by atoms with Gasteiger partial charge in [-0.25, -0.2) is 14.8 Å². The number of nitrogens with zero attached hydrogens (tertiary/aromatic N) is 7. The van der Waals surface area contributed by atoms with E-state index in [4.69, 9.17) is 4.98 Å². The van der Waals surface area contributed by atoms with E-state index in [-0.39, 0.29) is 43.1 Å². The van der Waals surface area contributed by atoms with Crippen molar-refractivity contribution in [2.24, 2.45) is 14.1 Å². The number of hydrogen-bond acceptors (Lipinski definition) is 7. The molecule has 0 bridgehead atoms. The molecular formula is C26H33N7O5. The Morgan fingerprint density at radius 3 is 2.66 bits per heavy atom. The third kappa shape index (κ3) is 4.23. The van der Waals surface area contributed by atoms with Crippen LogP contribution in [-0.4, -0.2) is 74.1 Å². The van der Waals surface area contributed by atoms with Crippen LogP contribution in [0.4, 0.5) is 0 Å². The SMILES string of the molecule is CCCc1nc2ccccc2n1CC(=O)N1C[C@H](O)C[C@@H](n2cnc3c2c(=O)n(C)c(=O)n3C)[C@](C)(O)C1. The van der Waals surface area contributed by atoms with Crippen LogP contribution in [0.1, 0.15) is 38.6 Å². The molecule has 0 unspecified atom stereocenters. The molecule has 12 nitrogen and oxygen atoms in total. The van der Waals surface area contributed by atoms with Gasteiger partial charge in [-0.1, -0.05) is 19.1 Å². The lowest BCUT2D eigenvalue weighted by Crippen LogP contribution is -2.48. The van der Waals surface area contributed by atoms with E-state index in [1.165, 1.54) is 34.5 Å². The van der Waals surface area contributed by atoms with Gasteiger partial charge >= 0.3 is 5.69 Å². The number of imidazole rings is 2. The third-order valence-corrected chi connectivity index (χ3v) is 7.52. The quantitative estimate of drug-likeness (QED) is 0.384. The van der Waals surface area contributed by atoms with E-state index in [0.717, 1.165) is 34.3 Å². The van der Waals surface area contributed by atoms with Crippen LogP contribution in [-0.2, 0) is 31.9 Å². The summed E-state index contributed by atoms with van der Waals surface area (Å²) in [7, 11) is 2.91. The van der Waals surface area contributed by atoms with Crippen molar-refractivity contribution in [3.63, 3.8) is 0 Å². The average molecular weight is 524 g/mol. The van der Waals surface area contributed by atoms with Gasteiger partial charge in [-0.15, -0.1) is 0 Å². The first kappa shape index (κ1) is 25.9. The minimum absolute atomic E-state index is 0.0278. The predicted molar refractivity (Wildman–Crippen MR) is 141 cm³/mol. The first-order valence-electron chi connectivity index (χ1n) is 12.8. The molecule has 0 saturated carbocycles. The van der Waals surface area contributed by atoms with Crippen LogP contribution in [0.3, 0.4) is 0 Å². The van der Waals surface area contributed by atoms with Crippen molar-refractivity contribution in [1.82, 2.24) is 33.1 Å². The molecule has 1 amide bonds. The summed E-state index contributed by atoms with van der Waals surface area (Å²) in [5.74, 6) is 0.563. The minimum Gasteiger partial charge on any atom is -0.391 e. The molecule has 4 heterocycles.